The fourth-order valence-corrected chi connectivity index (χ4v) is 2.35. The lowest BCUT2D eigenvalue weighted by Gasteiger charge is -2.17. The molecule has 0 spiro atoms. The molecule has 0 bridgehead atoms. The zero-order valence-corrected chi connectivity index (χ0v) is 13.6. The summed E-state index contributed by atoms with van der Waals surface area (Å²) in [6.45, 7) is 5.76. The minimum absolute atomic E-state index is 0.316. The van der Waals surface area contributed by atoms with Crippen LogP contribution < -0.4 is 0 Å². The van der Waals surface area contributed by atoms with Gasteiger partial charge in [0.25, 0.3) is 0 Å². The molecule has 2 aromatic rings. The van der Waals surface area contributed by atoms with Gasteiger partial charge >= 0.3 is 0 Å². The summed E-state index contributed by atoms with van der Waals surface area (Å²) in [5.41, 5.74) is 3.53. The summed E-state index contributed by atoms with van der Waals surface area (Å²) in [5.74, 6) is 0. The molecule has 0 heterocycles. The Labute approximate surface area is 130 Å². The Kier molecular flexibility index (Phi) is 5.21. The molecule has 0 radical (unpaired) electrons. The summed E-state index contributed by atoms with van der Waals surface area (Å²) < 4.78 is 15.7. The van der Waals surface area contributed by atoms with Crippen molar-refractivity contribution in [3.8, 4) is 0 Å². The summed E-state index contributed by atoms with van der Waals surface area (Å²) in [6, 6.07) is 18.6. The van der Waals surface area contributed by atoms with Gasteiger partial charge in [-0.2, -0.15) is 0 Å². The molecule has 3 heteroatoms. The van der Waals surface area contributed by atoms with Gasteiger partial charge in [-0.15, -0.1) is 0 Å². The highest BCUT2D eigenvalue weighted by Gasteiger charge is 2.25. The van der Waals surface area contributed by atoms with Crippen molar-refractivity contribution in [2.24, 2.45) is 4.40 Å². The third-order valence-electron chi connectivity index (χ3n) is 3.05. The smallest absolute Gasteiger partial charge is 0.144 e. The molecule has 0 amide bonds. The average Bonchev–Trinajstić information content (AvgIpc) is 2.46. The lowest BCUT2D eigenvalue weighted by atomic mass is 10.0. The second-order valence-electron chi connectivity index (χ2n) is 6.00. The van der Waals surface area contributed by atoms with Crippen molar-refractivity contribution >= 4 is 17.6 Å². The molecule has 21 heavy (non-hydrogen) atoms. The first-order valence-corrected chi connectivity index (χ1v) is 8.15. The van der Waals surface area contributed by atoms with E-state index in [1.165, 1.54) is 11.1 Å². The van der Waals surface area contributed by atoms with Crippen LogP contribution in [0.2, 0.25) is 0 Å². The van der Waals surface area contributed by atoms with Crippen molar-refractivity contribution in [1.82, 2.24) is 0 Å². The maximum absolute atomic E-state index is 11.9. The van der Waals surface area contributed by atoms with Crippen molar-refractivity contribution in [3.05, 3.63) is 71.3 Å². The molecule has 1 atom stereocenters. The molecule has 0 N–H and O–H groups in total. The van der Waals surface area contributed by atoms with Crippen LogP contribution in [0.4, 0.5) is 0 Å². The monoisotopic (exact) mass is 299 g/mol. The van der Waals surface area contributed by atoms with Crippen molar-refractivity contribution in [2.75, 3.05) is 0 Å². The minimum Gasteiger partial charge on any atom is -0.591 e. The first-order chi connectivity index (χ1) is 9.95. The normalized spacial score (nSPS) is 13.5. The summed E-state index contributed by atoms with van der Waals surface area (Å²) in [4.78, 5) is 0. The lowest BCUT2D eigenvalue weighted by Crippen LogP contribution is -2.25. The molecular formula is C18H21NOS. The fourth-order valence-electron chi connectivity index (χ4n) is 1.82. The number of hydrogen-bond acceptors (Lipinski definition) is 2. The largest absolute Gasteiger partial charge is 0.591 e. The van der Waals surface area contributed by atoms with Crippen LogP contribution in [0.25, 0.3) is 0 Å². The number of nitrogens with zero attached hydrogens (tertiary/aromatic N) is 1. The van der Waals surface area contributed by atoms with Gasteiger partial charge < -0.3 is 4.55 Å². The van der Waals surface area contributed by atoms with Crippen LogP contribution in [-0.2, 0) is 17.8 Å². The van der Waals surface area contributed by atoms with Gasteiger partial charge in [0.05, 0.1) is 6.21 Å². The topological polar surface area (TPSA) is 35.4 Å². The molecule has 0 fully saturated rings. The van der Waals surface area contributed by atoms with Gasteiger partial charge in [0.2, 0.25) is 0 Å². The Morgan fingerprint density at radius 3 is 2.10 bits per heavy atom. The molecule has 2 nitrogen and oxygen atoms in total. The Balaban J connectivity index is 2.01. The minimum atomic E-state index is -1.21. The van der Waals surface area contributed by atoms with E-state index in [1.807, 2.05) is 39.0 Å². The van der Waals surface area contributed by atoms with E-state index in [1.54, 1.807) is 6.21 Å². The van der Waals surface area contributed by atoms with Crippen LogP contribution in [0.3, 0.4) is 0 Å². The van der Waals surface area contributed by atoms with Crippen molar-refractivity contribution in [3.63, 3.8) is 0 Å². The van der Waals surface area contributed by atoms with Crippen LogP contribution in [-0.4, -0.2) is 15.5 Å². The molecule has 0 aliphatic carbocycles. The maximum Gasteiger partial charge on any atom is 0.144 e. The first kappa shape index (κ1) is 15.8. The molecule has 0 aliphatic rings. The predicted octanol–water partition coefficient (Wildman–Crippen LogP) is 4.16. The summed E-state index contributed by atoms with van der Waals surface area (Å²) in [7, 11) is 0. The SMILES string of the molecule is CC(C)(C)[S@@+]([O-])N=Cc1ccc(Cc2ccccc2)cc1. The third-order valence-corrected chi connectivity index (χ3v) is 4.40. The molecule has 2 aromatic carbocycles. The zero-order valence-electron chi connectivity index (χ0n) is 12.7. The number of hydrogen-bond donors (Lipinski definition) is 0. The van der Waals surface area contributed by atoms with E-state index in [0.29, 0.717) is 0 Å². The highest BCUT2D eigenvalue weighted by atomic mass is 32.2. The van der Waals surface area contributed by atoms with Gasteiger partial charge in [-0.1, -0.05) is 59.0 Å². The fraction of sp³-hybridized carbons (Fsp3) is 0.278. The van der Waals surface area contributed by atoms with E-state index in [-0.39, 0.29) is 4.75 Å². The van der Waals surface area contributed by atoms with Gasteiger partial charge in [-0.25, -0.2) is 0 Å². The van der Waals surface area contributed by atoms with Crippen molar-refractivity contribution in [1.29, 1.82) is 0 Å². The molecule has 0 saturated carbocycles. The molecule has 0 aromatic heterocycles. The van der Waals surface area contributed by atoms with E-state index >= 15 is 0 Å². The molecule has 0 unspecified atom stereocenters. The van der Waals surface area contributed by atoms with Gasteiger partial charge in [0.15, 0.2) is 0 Å². The van der Waals surface area contributed by atoms with Crippen LogP contribution in [0.15, 0.2) is 59.0 Å². The van der Waals surface area contributed by atoms with Crippen molar-refractivity contribution in [2.45, 2.75) is 31.9 Å². The Bertz CT molecular complexity index is 585. The molecule has 110 valence electrons. The van der Waals surface area contributed by atoms with E-state index in [4.69, 9.17) is 0 Å². The maximum atomic E-state index is 11.9. The summed E-state index contributed by atoms with van der Waals surface area (Å²) in [6.07, 6.45) is 2.61. The van der Waals surface area contributed by atoms with Gasteiger partial charge in [-0.05, 0) is 43.9 Å². The van der Waals surface area contributed by atoms with Gasteiger partial charge in [0.1, 0.15) is 16.1 Å². The molecule has 0 saturated heterocycles. The van der Waals surface area contributed by atoms with E-state index in [9.17, 15) is 4.55 Å². The number of rotatable bonds is 4. The predicted molar refractivity (Wildman–Crippen MR) is 91.2 cm³/mol. The first-order valence-electron chi connectivity index (χ1n) is 7.04. The summed E-state index contributed by atoms with van der Waals surface area (Å²) in [5, 5.41) is 0. The Hall–Kier alpha value is -1.58. The second-order valence-corrected chi connectivity index (χ2v) is 7.93. The number of benzene rings is 2. The zero-order chi connectivity index (χ0) is 15.3. The van der Waals surface area contributed by atoms with Crippen LogP contribution >= 0.6 is 0 Å². The highest BCUT2D eigenvalue weighted by Crippen LogP contribution is 2.17. The molecule has 2 rings (SSSR count). The van der Waals surface area contributed by atoms with Gasteiger partial charge in [-0.3, -0.25) is 0 Å². The highest BCUT2D eigenvalue weighted by molar-refractivity contribution is 7.91. The van der Waals surface area contributed by atoms with Crippen LogP contribution in [0, 0.1) is 0 Å². The van der Waals surface area contributed by atoms with E-state index < -0.39 is 11.4 Å². The van der Waals surface area contributed by atoms with E-state index in [0.717, 1.165) is 12.0 Å². The quantitative estimate of drug-likeness (QED) is 0.617. The third kappa shape index (κ3) is 5.03. The standard InChI is InChI=1S/C18H21NOS/c1-18(2,3)21(20)19-14-17-11-9-16(10-12-17)13-15-7-5-4-6-8-15/h4-12,14H,13H2,1-3H3/t21-/m1/s1. The Morgan fingerprint density at radius 1 is 0.952 bits per heavy atom. The molecule has 0 aliphatic heterocycles. The second kappa shape index (κ2) is 6.92. The van der Waals surface area contributed by atoms with Gasteiger partial charge in [0, 0.05) is 0 Å². The van der Waals surface area contributed by atoms with E-state index in [2.05, 4.69) is 40.8 Å². The lowest BCUT2D eigenvalue weighted by molar-refractivity contribution is 0.562. The molecular weight excluding hydrogens is 278 g/mol. The Morgan fingerprint density at radius 2 is 1.52 bits per heavy atom. The van der Waals surface area contributed by atoms with Crippen LogP contribution in [0.5, 0.6) is 0 Å². The average molecular weight is 299 g/mol. The van der Waals surface area contributed by atoms with Crippen LogP contribution in [0.1, 0.15) is 37.5 Å². The summed E-state index contributed by atoms with van der Waals surface area (Å²) >= 11 is -1.21. The van der Waals surface area contributed by atoms with Crippen molar-refractivity contribution < 1.29 is 4.55 Å².